The van der Waals surface area contributed by atoms with Crippen molar-refractivity contribution in [3.63, 3.8) is 0 Å². The maximum atomic E-state index is 12.5. The molecule has 1 aromatic carbocycles. The number of hydrogen-bond acceptors (Lipinski definition) is 4. The highest BCUT2D eigenvalue weighted by Crippen LogP contribution is 2.32. The van der Waals surface area contributed by atoms with E-state index in [0.29, 0.717) is 17.9 Å². The zero-order chi connectivity index (χ0) is 15.8. The number of carbonyl (C=O) groups excluding carboxylic acids is 1. The Morgan fingerprint density at radius 3 is 3.09 bits per heavy atom. The summed E-state index contributed by atoms with van der Waals surface area (Å²) in [6, 6.07) is 9.38. The summed E-state index contributed by atoms with van der Waals surface area (Å²) in [6.07, 6.45) is 3.52. The first-order valence-corrected chi connectivity index (χ1v) is 7.29. The third kappa shape index (κ3) is 2.38. The lowest BCUT2D eigenvalue weighted by Crippen LogP contribution is -2.22. The topological polar surface area (TPSA) is 65.4 Å². The third-order valence-electron chi connectivity index (χ3n) is 3.87. The summed E-state index contributed by atoms with van der Waals surface area (Å²) in [6.45, 7) is 0.667. The summed E-state index contributed by atoms with van der Waals surface area (Å²) in [5.41, 5.74) is 2.37. The maximum Gasteiger partial charge on any atom is 0.253 e. The van der Waals surface area contributed by atoms with E-state index in [4.69, 9.17) is 9.47 Å². The van der Waals surface area contributed by atoms with Gasteiger partial charge in [0.25, 0.3) is 5.91 Å². The molecule has 0 radical (unpaired) electrons. The largest absolute Gasteiger partial charge is 0.454 e. The number of benzene rings is 1. The summed E-state index contributed by atoms with van der Waals surface area (Å²) < 4.78 is 12.5. The van der Waals surface area contributed by atoms with Crippen molar-refractivity contribution >= 4 is 16.9 Å². The zero-order valence-electron chi connectivity index (χ0n) is 12.6. The highest BCUT2D eigenvalue weighted by atomic mass is 16.7. The van der Waals surface area contributed by atoms with Gasteiger partial charge in [0, 0.05) is 31.4 Å². The van der Waals surface area contributed by atoms with Gasteiger partial charge in [0.15, 0.2) is 11.5 Å². The van der Waals surface area contributed by atoms with Crippen LogP contribution in [0.25, 0.3) is 11.0 Å². The van der Waals surface area contributed by atoms with Gasteiger partial charge in [-0.3, -0.25) is 4.79 Å². The van der Waals surface area contributed by atoms with Crippen LogP contribution >= 0.6 is 0 Å². The van der Waals surface area contributed by atoms with Crippen LogP contribution in [0.15, 0.2) is 42.7 Å². The molecule has 0 bridgehead atoms. The van der Waals surface area contributed by atoms with E-state index in [-0.39, 0.29) is 12.7 Å². The van der Waals surface area contributed by atoms with Crippen molar-refractivity contribution in [2.45, 2.75) is 6.54 Å². The van der Waals surface area contributed by atoms with Crippen LogP contribution in [0.3, 0.4) is 0 Å². The van der Waals surface area contributed by atoms with E-state index >= 15 is 0 Å². The van der Waals surface area contributed by atoms with Crippen LogP contribution in [-0.2, 0) is 13.6 Å². The van der Waals surface area contributed by atoms with E-state index in [1.54, 1.807) is 12.4 Å². The molecule has 1 amide bonds. The van der Waals surface area contributed by atoms with E-state index in [1.165, 1.54) is 0 Å². The second-order valence-electron chi connectivity index (χ2n) is 5.40. The highest BCUT2D eigenvalue weighted by molar-refractivity contribution is 6.06. The molecule has 116 valence electrons. The molecule has 0 fully saturated rings. The van der Waals surface area contributed by atoms with Gasteiger partial charge in [-0.2, -0.15) is 0 Å². The van der Waals surface area contributed by atoms with Gasteiger partial charge in [0.05, 0.1) is 5.56 Å². The molecule has 0 unspecified atom stereocenters. The van der Waals surface area contributed by atoms with Crippen LogP contribution in [0.5, 0.6) is 11.5 Å². The van der Waals surface area contributed by atoms with E-state index in [2.05, 4.69) is 10.3 Å². The molecule has 6 nitrogen and oxygen atoms in total. The number of rotatable bonds is 3. The molecule has 23 heavy (non-hydrogen) atoms. The minimum Gasteiger partial charge on any atom is -0.454 e. The molecule has 0 atom stereocenters. The number of aromatic nitrogens is 2. The molecule has 1 aliphatic rings. The monoisotopic (exact) mass is 309 g/mol. The Labute approximate surface area is 132 Å². The Morgan fingerprint density at radius 1 is 1.30 bits per heavy atom. The van der Waals surface area contributed by atoms with Crippen molar-refractivity contribution in [2.24, 2.45) is 7.05 Å². The van der Waals surface area contributed by atoms with Crippen molar-refractivity contribution < 1.29 is 14.3 Å². The van der Waals surface area contributed by atoms with Crippen LogP contribution in [0.2, 0.25) is 0 Å². The third-order valence-corrected chi connectivity index (χ3v) is 3.87. The SMILES string of the molecule is Cn1cc(C(=O)NCc2ccc3c(c2)OCO3)c2cccnc21. The summed E-state index contributed by atoms with van der Waals surface area (Å²) in [5.74, 6) is 1.33. The molecule has 1 N–H and O–H groups in total. The fraction of sp³-hybridized carbons (Fsp3) is 0.176. The lowest BCUT2D eigenvalue weighted by atomic mass is 10.2. The molecule has 0 saturated carbocycles. The van der Waals surface area contributed by atoms with Crippen LogP contribution < -0.4 is 14.8 Å². The number of carbonyl (C=O) groups is 1. The number of hydrogen-bond donors (Lipinski definition) is 1. The normalized spacial score (nSPS) is 12.6. The molecule has 2 aromatic heterocycles. The van der Waals surface area contributed by atoms with Crippen molar-refractivity contribution in [1.29, 1.82) is 0 Å². The average Bonchev–Trinajstić information content (AvgIpc) is 3.17. The van der Waals surface area contributed by atoms with Crippen LogP contribution in [0.1, 0.15) is 15.9 Å². The van der Waals surface area contributed by atoms with Gasteiger partial charge >= 0.3 is 0 Å². The van der Waals surface area contributed by atoms with Crippen LogP contribution in [0.4, 0.5) is 0 Å². The molecular formula is C17H15N3O3. The van der Waals surface area contributed by atoms with Crippen molar-refractivity contribution in [2.75, 3.05) is 6.79 Å². The first-order valence-electron chi connectivity index (χ1n) is 7.29. The van der Waals surface area contributed by atoms with Gasteiger partial charge < -0.3 is 19.4 Å². The first kappa shape index (κ1) is 13.6. The summed E-state index contributed by atoms with van der Waals surface area (Å²) >= 11 is 0. The number of ether oxygens (including phenoxy) is 2. The average molecular weight is 309 g/mol. The smallest absolute Gasteiger partial charge is 0.253 e. The predicted octanol–water partition coefficient (Wildman–Crippen LogP) is 2.23. The van der Waals surface area contributed by atoms with Crippen molar-refractivity contribution in [1.82, 2.24) is 14.9 Å². The Morgan fingerprint density at radius 2 is 2.17 bits per heavy atom. The number of fused-ring (bicyclic) bond motifs is 2. The molecule has 0 saturated heterocycles. The number of aryl methyl sites for hydroxylation is 1. The van der Waals surface area contributed by atoms with Gasteiger partial charge in [-0.25, -0.2) is 4.98 Å². The van der Waals surface area contributed by atoms with Crippen molar-refractivity contribution in [3.8, 4) is 11.5 Å². The van der Waals surface area contributed by atoms with E-state index < -0.39 is 0 Å². The Kier molecular flexibility index (Phi) is 3.15. The van der Waals surface area contributed by atoms with Gasteiger partial charge in [-0.05, 0) is 29.8 Å². The predicted molar refractivity (Wildman–Crippen MR) is 84.4 cm³/mol. The molecule has 4 rings (SSSR count). The lowest BCUT2D eigenvalue weighted by molar-refractivity contribution is 0.0952. The fourth-order valence-corrected chi connectivity index (χ4v) is 2.72. The van der Waals surface area contributed by atoms with Crippen molar-refractivity contribution in [3.05, 3.63) is 53.9 Å². The molecule has 3 heterocycles. The Hall–Kier alpha value is -3.02. The van der Waals surface area contributed by atoms with Gasteiger partial charge in [-0.1, -0.05) is 6.07 Å². The second kappa shape index (κ2) is 5.31. The van der Waals surface area contributed by atoms with E-state index in [9.17, 15) is 4.79 Å². The van der Waals surface area contributed by atoms with Gasteiger partial charge in [0.1, 0.15) is 5.65 Å². The first-order chi connectivity index (χ1) is 11.2. The summed E-state index contributed by atoms with van der Waals surface area (Å²) in [7, 11) is 1.88. The lowest BCUT2D eigenvalue weighted by Gasteiger charge is -2.05. The second-order valence-corrected chi connectivity index (χ2v) is 5.40. The van der Waals surface area contributed by atoms with Crippen LogP contribution in [0, 0.1) is 0 Å². The number of nitrogens with one attached hydrogen (secondary N) is 1. The molecule has 6 heteroatoms. The van der Waals surface area contributed by atoms with Gasteiger partial charge in [0.2, 0.25) is 6.79 Å². The van der Waals surface area contributed by atoms with Crippen LogP contribution in [-0.4, -0.2) is 22.3 Å². The molecule has 0 spiro atoms. The minimum absolute atomic E-state index is 0.124. The minimum atomic E-state index is -0.124. The van der Waals surface area contributed by atoms with E-state index in [0.717, 1.165) is 22.3 Å². The Bertz CT molecular complexity index is 901. The molecule has 0 aliphatic carbocycles. The Balaban J connectivity index is 1.53. The molecule has 1 aliphatic heterocycles. The quantitative estimate of drug-likeness (QED) is 0.806. The van der Waals surface area contributed by atoms with Gasteiger partial charge in [-0.15, -0.1) is 0 Å². The number of pyridine rings is 1. The highest BCUT2D eigenvalue weighted by Gasteiger charge is 2.16. The number of nitrogens with zero attached hydrogens (tertiary/aromatic N) is 2. The zero-order valence-corrected chi connectivity index (χ0v) is 12.6. The standard InChI is InChI=1S/C17H15N3O3/c1-20-9-13(12-3-2-6-18-16(12)20)17(21)19-8-11-4-5-14-15(7-11)23-10-22-14/h2-7,9H,8,10H2,1H3,(H,19,21). The fourth-order valence-electron chi connectivity index (χ4n) is 2.72. The molecular weight excluding hydrogens is 294 g/mol. The molecule has 3 aromatic rings. The van der Waals surface area contributed by atoms with E-state index in [1.807, 2.05) is 41.9 Å². The number of amides is 1. The summed E-state index contributed by atoms with van der Waals surface area (Å²) in [5, 5.41) is 3.78. The maximum absolute atomic E-state index is 12.5. The summed E-state index contributed by atoms with van der Waals surface area (Å²) in [4.78, 5) is 16.8.